The molecule has 16 heavy (non-hydrogen) atoms. The van der Waals surface area contributed by atoms with Gasteiger partial charge in [-0.1, -0.05) is 19.6 Å². The molecule has 0 amide bonds. The fourth-order valence-corrected chi connectivity index (χ4v) is 2.20. The second kappa shape index (κ2) is 3.34. The molecule has 0 aromatic heterocycles. The van der Waals surface area contributed by atoms with Gasteiger partial charge in [-0.15, -0.1) is 0 Å². The van der Waals surface area contributed by atoms with Crippen molar-refractivity contribution < 1.29 is 10.2 Å². The summed E-state index contributed by atoms with van der Waals surface area (Å²) in [5.74, 6) is -1.91. The number of benzene rings is 1. The van der Waals surface area contributed by atoms with Crippen molar-refractivity contribution in [2.24, 2.45) is 5.92 Å². The van der Waals surface area contributed by atoms with Crippen molar-refractivity contribution in [2.75, 3.05) is 5.73 Å². The lowest BCUT2D eigenvalue weighted by Gasteiger charge is -2.08. The Morgan fingerprint density at radius 2 is 2.00 bits per heavy atom. The first kappa shape index (κ1) is 11.2. The van der Waals surface area contributed by atoms with Crippen LogP contribution in [0.2, 0.25) is 0 Å². The van der Waals surface area contributed by atoms with E-state index in [0.29, 0.717) is 5.69 Å². The first-order chi connectivity index (χ1) is 7.35. The SMILES string of the molecule is C=C(C)c1cc([C@H]2[C@@H](C)C2(O)O)ccc1N. The Kier molecular flexibility index (Phi) is 2.33. The van der Waals surface area contributed by atoms with E-state index in [1.165, 1.54) is 0 Å². The van der Waals surface area contributed by atoms with E-state index >= 15 is 0 Å². The summed E-state index contributed by atoms with van der Waals surface area (Å²) in [6.07, 6.45) is 0. The highest BCUT2D eigenvalue weighted by molar-refractivity contribution is 5.73. The molecule has 0 aliphatic heterocycles. The first-order valence-corrected chi connectivity index (χ1v) is 5.35. The molecule has 4 N–H and O–H groups in total. The standard InChI is InChI=1S/C13H17NO2/c1-7(2)10-6-9(4-5-11(10)14)12-8(3)13(12,15)16/h4-6,8,12,15-16H,1,14H2,2-3H3/t8-,12-/m1/s1. The van der Waals surface area contributed by atoms with Crippen LogP contribution in [0.3, 0.4) is 0 Å². The van der Waals surface area contributed by atoms with E-state index in [9.17, 15) is 10.2 Å². The first-order valence-electron chi connectivity index (χ1n) is 5.35. The summed E-state index contributed by atoms with van der Waals surface area (Å²) < 4.78 is 0. The second-order valence-electron chi connectivity index (χ2n) is 4.68. The van der Waals surface area contributed by atoms with Gasteiger partial charge >= 0.3 is 0 Å². The van der Waals surface area contributed by atoms with Gasteiger partial charge in [0.1, 0.15) is 0 Å². The highest BCUT2D eigenvalue weighted by Crippen LogP contribution is 2.55. The molecule has 0 radical (unpaired) electrons. The minimum atomic E-state index is -1.57. The molecule has 0 bridgehead atoms. The van der Waals surface area contributed by atoms with Crippen LogP contribution in [-0.2, 0) is 0 Å². The highest BCUT2D eigenvalue weighted by atomic mass is 16.5. The van der Waals surface area contributed by atoms with Gasteiger partial charge in [-0.2, -0.15) is 0 Å². The molecule has 0 spiro atoms. The van der Waals surface area contributed by atoms with Gasteiger partial charge < -0.3 is 15.9 Å². The largest absolute Gasteiger partial charge is 0.398 e. The molecule has 86 valence electrons. The maximum absolute atomic E-state index is 9.61. The summed E-state index contributed by atoms with van der Waals surface area (Å²) in [5, 5.41) is 19.2. The maximum Gasteiger partial charge on any atom is 0.173 e. The lowest BCUT2D eigenvalue weighted by atomic mass is 10.0. The highest BCUT2D eigenvalue weighted by Gasteiger charge is 2.61. The van der Waals surface area contributed by atoms with E-state index in [1.807, 2.05) is 26.0 Å². The van der Waals surface area contributed by atoms with Gasteiger partial charge in [0.15, 0.2) is 5.79 Å². The third-order valence-corrected chi connectivity index (χ3v) is 3.42. The lowest BCUT2D eigenvalue weighted by molar-refractivity contribution is -0.0847. The lowest BCUT2D eigenvalue weighted by Crippen LogP contribution is -2.09. The zero-order chi connectivity index (χ0) is 12.1. The van der Waals surface area contributed by atoms with Crippen molar-refractivity contribution in [1.82, 2.24) is 0 Å². The molecule has 0 unspecified atom stereocenters. The summed E-state index contributed by atoms with van der Waals surface area (Å²) in [6.45, 7) is 7.56. The molecular weight excluding hydrogens is 202 g/mol. The quantitative estimate of drug-likeness (QED) is 0.524. The number of allylic oxidation sites excluding steroid dienone is 1. The Labute approximate surface area is 95.2 Å². The minimum Gasteiger partial charge on any atom is -0.398 e. The van der Waals surface area contributed by atoms with Crippen LogP contribution >= 0.6 is 0 Å². The van der Waals surface area contributed by atoms with Crippen LogP contribution < -0.4 is 5.73 Å². The molecule has 1 aromatic rings. The summed E-state index contributed by atoms with van der Waals surface area (Å²) in [7, 11) is 0. The summed E-state index contributed by atoms with van der Waals surface area (Å²) in [4.78, 5) is 0. The van der Waals surface area contributed by atoms with Crippen molar-refractivity contribution in [3.8, 4) is 0 Å². The smallest absolute Gasteiger partial charge is 0.173 e. The Morgan fingerprint density at radius 3 is 2.44 bits per heavy atom. The van der Waals surface area contributed by atoms with E-state index in [1.54, 1.807) is 6.07 Å². The third-order valence-electron chi connectivity index (χ3n) is 3.42. The molecule has 1 fully saturated rings. The Morgan fingerprint density at radius 1 is 1.44 bits per heavy atom. The molecule has 3 nitrogen and oxygen atoms in total. The molecule has 2 rings (SSSR count). The van der Waals surface area contributed by atoms with Crippen LogP contribution in [-0.4, -0.2) is 16.0 Å². The van der Waals surface area contributed by atoms with E-state index in [2.05, 4.69) is 6.58 Å². The molecule has 1 saturated carbocycles. The number of nitrogens with two attached hydrogens (primary N) is 1. The number of hydrogen-bond acceptors (Lipinski definition) is 3. The van der Waals surface area contributed by atoms with E-state index < -0.39 is 5.79 Å². The fourth-order valence-electron chi connectivity index (χ4n) is 2.20. The van der Waals surface area contributed by atoms with Crippen molar-refractivity contribution in [3.05, 3.63) is 35.9 Å². The van der Waals surface area contributed by atoms with Crippen molar-refractivity contribution in [2.45, 2.75) is 25.6 Å². The Bertz CT molecular complexity index is 451. The van der Waals surface area contributed by atoms with Crippen LogP contribution in [0.5, 0.6) is 0 Å². The van der Waals surface area contributed by atoms with Gasteiger partial charge in [0, 0.05) is 17.5 Å². The molecule has 1 aromatic carbocycles. The van der Waals surface area contributed by atoms with Crippen LogP contribution in [0.4, 0.5) is 5.69 Å². The number of aliphatic hydroxyl groups is 2. The van der Waals surface area contributed by atoms with Gasteiger partial charge in [0.05, 0.1) is 0 Å². The maximum atomic E-state index is 9.61. The minimum absolute atomic E-state index is 0.130. The Balaban J connectivity index is 2.39. The van der Waals surface area contributed by atoms with Crippen molar-refractivity contribution >= 4 is 11.3 Å². The molecule has 0 heterocycles. The monoisotopic (exact) mass is 219 g/mol. The zero-order valence-corrected chi connectivity index (χ0v) is 9.57. The fraction of sp³-hybridized carbons (Fsp3) is 0.385. The summed E-state index contributed by atoms with van der Waals surface area (Å²) in [6, 6.07) is 5.53. The molecule has 2 atom stereocenters. The van der Waals surface area contributed by atoms with Gasteiger partial charge in [-0.05, 0) is 35.8 Å². The van der Waals surface area contributed by atoms with Crippen molar-refractivity contribution in [3.63, 3.8) is 0 Å². The van der Waals surface area contributed by atoms with Crippen LogP contribution in [0.15, 0.2) is 24.8 Å². The molecule has 0 saturated heterocycles. The summed E-state index contributed by atoms with van der Waals surface area (Å²) in [5.41, 5.74) is 9.17. The average molecular weight is 219 g/mol. The second-order valence-corrected chi connectivity index (χ2v) is 4.68. The van der Waals surface area contributed by atoms with Gasteiger partial charge in [0.25, 0.3) is 0 Å². The summed E-state index contributed by atoms with van der Waals surface area (Å²) >= 11 is 0. The van der Waals surface area contributed by atoms with E-state index in [0.717, 1.165) is 16.7 Å². The predicted octanol–water partition coefficient (Wildman–Crippen LogP) is 1.72. The van der Waals surface area contributed by atoms with Crippen LogP contribution in [0.1, 0.15) is 30.9 Å². The number of nitrogen functional groups attached to an aromatic ring is 1. The Hall–Kier alpha value is -1.32. The number of rotatable bonds is 2. The predicted molar refractivity (Wildman–Crippen MR) is 64.6 cm³/mol. The van der Waals surface area contributed by atoms with Crippen LogP contribution in [0, 0.1) is 5.92 Å². The van der Waals surface area contributed by atoms with E-state index in [-0.39, 0.29) is 11.8 Å². The molecule has 1 aliphatic rings. The average Bonchev–Trinajstić information content (AvgIpc) is 2.67. The van der Waals surface area contributed by atoms with Gasteiger partial charge in [0.2, 0.25) is 0 Å². The van der Waals surface area contributed by atoms with Crippen LogP contribution in [0.25, 0.3) is 5.57 Å². The number of anilines is 1. The third kappa shape index (κ3) is 1.52. The number of hydrogen-bond donors (Lipinski definition) is 3. The zero-order valence-electron chi connectivity index (χ0n) is 9.57. The van der Waals surface area contributed by atoms with Gasteiger partial charge in [-0.3, -0.25) is 0 Å². The van der Waals surface area contributed by atoms with Gasteiger partial charge in [-0.25, -0.2) is 0 Å². The normalized spacial score (nSPS) is 26.5. The molecule has 3 heteroatoms. The molecule has 1 aliphatic carbocycles. The van der Waals surface area contributed by atoms with E-state index in [4.69, 9.17) is 5.73 Å². The topological polar surface area (TPSA) is 66.5 Å². The van der Waals surface area contributed by atoms with Crippen molar-refractivity contribution in [1.29, 1.82) is 0 Å². The molecular formula is C13H17NO2.